The van der Waals surface area contributed by atoms with Crippen LogP contribution in [0.25, 0.3) is 11.2 Å². The van der Waals surface area contributed by atoms with E-state index in [-0.39, 0.29) is 5.69 Å². The number of hydrogen-bond acceptors (Lipinski definition) is 6. The number of aromatic nitrogens is 3. The van der Waals surface area contributed by atoms with Crippen LogP contribution in [0.3, 0.4) is 0 Å². The Kier molecular flexibility index (Phi) is 6.22. The van der Waals surface area contributed by atoms with Crippen molar-refractivity contribution >= 4 is 40.5 Å². The maximum absolute atomic E-state index is 12.3. The third-order valence-electron chi connectivity index (χ3n) is 4.62. The highest BCUT2D eigenvalue weighted by Crippen LogP contribution is 2.27. The summed E-state index contributed by atoms with van der Waals surface area (Å²) in [6, 6.07) is 8.79. The Balaban J connectivity index is 1.86. The number of pyridine rings is 1. The summed E-state index contributed by atoms with van der Waals surface area (Å²) in [7, 11) is 2.95. The number of esters is 1. The number of methoxy groups -OCH3 is 1. The van der Waals surface area contributed by atoms with Crippen LogP contribution in [0, 0.1) is 6.92 Å². The van der Waals surface area contributed by atoms with Gasteiger partial charge in [0.2, 0.25) is 0 Å². The first-order valence-corrected chi connectivity index (χ1v) is 10.1. The number of amides is 1. The lowest BCUT2D eigenvalue weighted by Gasteiger charge is -2.25. The molecule has 31 heavy (non-hydrogen) atoms. The molecule has 0 aliphatic rings. The number of ether oxygens (including phenoxy) is 2. The Labute approximate surface area is 185 Å². The molecule has 0 unspecified atom stereocenters. The smallest absolute Gasteiger partial charge is 0.414 e. The van der Waals surface area contributed by atoms with Crippen LogP contribution in [0.2, 0.25) is 5.02 Å². The fraction of sp³-hybridized carbons (Fsp3) is 0.364. The number of fused-ring (bicyclic) bond motifs is 1. The maximum Gasteiger partial charge on any atom is 0.414 e. The van der Waals surface area contributed by atoms with Gasteiger partial charge in [-0.2, -0.15) is 0 Å². The molecular weight excluding hydrogens is 420 g/mol. The van der Waals surface area contributed by atoms with Crippen LogP contribution >= 0.6 is 11.6 Å². The number of carbonyl (C=O) groups is 2. The molecule has 0 N–H and O–H groups in total. The molecular formula is C22H25ClN4O4. The van der Waals surface area contributed by atoms with Gasteiger partial charge in [-0.05, 0) is 57.5 Å². The van der Waals surface area contributed by atoms with Gasteiger partial charge in [-0.1, -0.05) is 17.7 Å². The maximum atomic E-state index is 12.3. The van der Waals surface area contributed by atoms with Gasteiger partial charge in [0.05, 0.1) is 19.2 Å². The van der Waals surface area contributed by atoms with Gasteiger partial charge >= 0.3 is 12.1 Å². The largest absolute Gasteiger partial charge is 0.464 e. The highest BCUT2D eigenvalue weighted by atomic mass is 35.5. The Hall–Kier alpha value is -3.13. The Morgan fingerprint density at radius 1 is 1.16 bits per heavy atom. The summed E-state index contributed by atoms with van der Waals surface area (Å²) >= 11 is 6.53. The molecule has 0 fully saturated rings. The lowest BCUT2D eigenvalue weighted by molar-refractivity contribution is 0.0582. The average Bonchev–Trinajstić information content (AvgIpc) is 3.01. The summed E-state index contributed by atoms with van der Waals surface area (Å²) in [5.41, 5.74) is 2.32. The normalized spacial score (nSPS) is 11.5. The van der Waals surface area contributed by atoms with E-state index in [4.69, 9.17) is 21.1 Å². The fourth-order valence-electron chi connectivity index (χ4n) is 3.02. The number of anilines is 1. The molecule has 0 aliphatic carbocycles. The van der Waals surface area contributed by atoms with E-state index in [1.165, 1.54) is 12.0 Å². The van der Waals surface area contributed by atoms with Crippen LogP contribution < -0.4 is 4.90 Å². The van der Waals surface area contributed by atoms with E-state index in [9.17, 15) is 9.59 Å². The van der Waals surface area contributed by atoms with Gasteiger partial charge in [-0.15, -0.1) is 0 Å². The van der Waals surface area contributed by atoms with Crippen molar-refractivity contribution < 1.29 is 19.1 Å². The van der Waals surface area contributed by atoms with Crippen molar-refractivity contribution in [2.75, 3.05) is 19.1 Å². The molecule has 1 amide bonds. The number of benzene rings is 1. The third kappa shape index (κ3) is 4.96. The molecule has 0 radical (unpaired) electrons. The first-order chi connectivity index (χ1) is 14.5. The summed E-state index contributed by atoms with van der Waals surface area (Å²) in [4.78, 5) is 34.2. The number of hydrogen-bond donors (Lipinski definition) is 0. The molecule has 2 heterocycles. The van der Waals surface area contributed by atoms with Crippen molar-refractivity contribution in [2.45, 2.75) is 39.8 Å². The van der Waals surface area contributed by atoms with E-state index in [0.29, 0.717) is 22.9 Å². The van der Waals surface area contributed by atoms with E-state index < -0.39 is 17.7 Å². The fourth-order valence-corrected chi connectivity index (χ4v) is 3.25. The van der Waals surface area contributed by atoms with Crippen LogP contribution in [0.5, 0.6) is 0 Å². The number of carbonyl (C=O) groups excluding carboxylic acids is 2. The van der Waals surface area contributed by atoms with Gasteiger partial charge < -0.3 is 14.0 Å². The van der Waals surface area contributed by atoms with Crippen molar-refractivity contribution in [3.8, 4) is 0 Å². The molecule has 164 valence electrons. The summed E-state index contributed by atoms with van der Waals surface area (Å²) in [5.74, 6) is 0.220. The molecule has 2 aromatic heterocycles. The van der Waals surface area contributed by atoms with E-state index >= 15 is 0 Å². The number of rotatable bonds is 4. The lowest BCUT2D eigenvalue weighted by Crippen LogP contribution is -2.34. The zero-order valence-electron chi connectivity index (χ0n) is 18.4. The van der Waals surface area contributed by atoms with E-state index in [0.717, 1.165) is 16.9 Å². The van der Waals surface area contributed by atoms with Crippen molar-refractivity contribution in [1.82, 2.24) is 14.5 Å². The minimum atomic E-state index is -0.586. The number of nitrogens with zero attached hydrogens (tertiary/aromatic N) is 4. The van der Waals surface area contributed by atoms with Gasteiger partial charge in [0.25, 0.3) is 0 Å². The first kappa shape index (κ1) is 22.6. The number of halogens is 1. The second-order valence-corrected chi connectivity index (χ2v) is 8.50. The predicted molar refractivity (Wildman–Crippen MR) is 119 cm³/mol. The molecule has 3 rings (SSSR count). The minimum absolute atomic E-state index is 0.201. The summed E-state index contributed by atoms with van der Waals surface area (Å²) in [5, 5.41) is 0.508. The molecule has 9 heteroatoms. The first-order valence-electron chi connectivity index (χ1n) is 9.67. The molecule has 1 aromatic carbocycles. The average molecular weight is 445 g/mol. The van der Waals surface area contributed by atoms with Gasteiger partial charge in [0.15, 0.2) is 11.3 Å². The Bertz CT molecular complexity index is 1150. The van der Waals surface area contributed by atoms with Gasteiger partial charge in [-0.25, -0.2) is 19.6 Å². The Morgan fingerprint density at radius 2 is 1.87 bits per heavy atom. The van der Waals surface area contributed by atoms with E-state index in [2.05, 4.69) is 9.97 Å². The standard InChI is InChI=1S/C22H25ClN4O4/c1-13-24-19-18(10-9-17(25-19)20(28)30-6)27(13)12-14-7-8-15(11-16(14)23)26(5)21(29)31-22(2,3)4/h7-11H,12H2,1-6H3. The zero-order chi connectivity index (χ0) is 22.9. The van der Waals surface area contributed by atoms with Crippen molar-refractivity contribution in [3.05, 3.63) is 52.4 Å². The molecule has 0 bridgehead atoms. The van der Waals surface area contributed by atoms with Gasteiger partial charge in [0, 0.05) is 17.8 Å². The monoisotopic (exact) mass is 444 g/mol. The zero-order valence-corrected chi connectivity index (χ0v) is 19.1. The third-order valence-corrected chi connectivity index (χ3v) is 4.97. The molecule has 0 aliphatic heterocycles. The summed E-state index contributed by atoms with van der Waals surface area (Å²) in [6.07, 6.45) is -0.458. The van der Waals surface area contributed by atoms with Crippen molar-refractivity contribution in [3.63, 3.8) is 0 Å². The van der Waals surface area contributed by atoms with Gasteiger partial charge in [0.1, 0.15) is 11.4 Å². The molecule has 8 nitrogen and oxygen atoms in total. The van der Waals surface area contributed by atoms with Gasteiger partial charge in [-0.3, -0.25) is 4.90 Å². The molecule has 0 atom stereocenters. The number of imidazole rings is 1. The quantitative estimate of drug-likeness (QED) is 0.546. The van der Waals surface area contributed by atoms with Crippen LogP contribution in [-0.2, 0) is 16.0 Å². The second kappa shape index (κ2) is 8.55. The highest BCUT2D eigenvalue weighted by molar-refractivity contribution is 6.31. The molecule has 3 aromatic rings. The molecule has 0 spiro atoms. The molecule has 0 saturated carbocycles. The number of aryl methyl sites for hydroxylation is 1. The van der Waals surface area contributed by atoms with E-state index in [1.807, 2.05) is 44.4 Å². The van der Waals surface area contributed by atoms with Crippen LogP contribution in [0.15, 0.2) is 30.3 Å². The van der Waals surface area contributed by atoms with Crippen LogP contribution in [0.4, 0.5) is 10.5 Å². The van der Waals surface area contributed by atoms with Crippen molar-refractivity contribution in [2.24, 2.45) is 0 Å². The SMILES string of the molecule is COC(=O)c1ccc2c(n1)nc(C)n2Cc1ccc(N(C)C(=O)OC(C)(C)C)cc1Cl. The predicted octanol–water partition coefficient (Wildman–Crippen LogP) is 4.60. The summed E-state index contributed by atoms with van der Waals surface area (Å²) < 4.78 is 12.1. The lowest BCUT2D eigenvalue weighted by atomic mass is 10.2. The Morgan fingerprint density at radius 3 is 2.48 bits per heavy atom. The highest BCUT2D eigenvalue weighted by Gasteiger charge is 2.21. The van der Waals surface area contributed by atoms with E-state index in [1.54, 1.807) is 25.2 Å². The minimum Gasteiger partial charge on any atom is -0.464 e. The topological polar surface area (TPSA) is 86.5 Å². The molecule has 0 saturated heterocycles. The van der Waals surface area contributed by atoms with Crippen molar-refractivity contribution in [1.29, 1.82) is 0 Å². The second-order valence-electron chi connectivity index (χ2n) is 8.09. The summed E-state index contributed by atoms with van der Waals surface area (Å²) in [6.45, 7) is 7.76. The van der Waals surface area contributed by atoms with Crippen LogP contribution in [-0.4, -0.2) is 46.4 Å². The van der Waals surface area contributed by atoms with Crippen LogP contribution in [0.1, 0.15) is 42.6 Å².